The van der Waals surface area contributed by atoms with Gasteiger partial charge in [0.2, 0.25) is 5.91 Å². The molecule has 6 heteroatoms. The van der Waals surface area contributed by atoms with Crippen LogP contribution in [0.4, 0.5) is 0 Å². The first kappa shape index (κ1) is 18.6. The quantitative estimate of drug-likeness (QED) is 0.555. The van der Waals surface area contributed by atoms with E-state index in [-0.39, 0.29) is 5.91 Å². The molecule has 0 bridgehead atoms. The second kappa shape index (κ2) is 8.16. The average molecular weight is 400 g/mol. The molecule has 2 aromatic carbocycles. The third-order valence-electron chi connectivity index (χ3n) is 5.48. The fourth-order valence-electron chi connectivity index (χ4n) is 3.95. The molecule has 0 aliphatic carbocycles. The summed E-state index contributed by atoms with van der Waals surface area (Å²) in [6.45, 7) is 3.69. The third kappa shape index (κ3) is 4.00. The van der Waals surface area contributed by atoms with Crippen LogP contribution in [0.5, 0.6) is 0 Å². The summed E-state index contributed by atoms with van der Waals surface area (Å²) in [5, 5.41) is 8.90. The molecule has 0 saturated carbocycles. The molecule has 30 heavy (non-hydrogen) atoms. The zero-order valence-corrected chi connectivity index (χ0v) is 16.8. The van der Waals surface area contributed by atoms with Gasteiger partial charge >= 0.3 is 0 Å². The van der Waals surface area contributed by atoms with Crippen LogP contribution in [0.3, 0.4) is 0 Å². The zero-order valence-electron chi connectivity index (χ0n) is 16.8. The molecular weight excluding hydrogens is 376 g/mol. The van der Waals surface area contributed by atoms with E-state index in [1.54, 1.807) is 0 Å². The first-order chi connectivity index (χ1) is 14.7. The lowest BCUT2D eigenvalue weighted by atomic mass is 10.1. The number of carbonyl (C=O) groups is 1. The molecule has 1 aliphatic heterocycles. The summed E-state index contributed by atoms with van der Waals surface area (Å²) >= 11 is 0. The number of carbonyl (C=O) groups excluding carboxylic acids is 1. The molecule has 6 nitrogen and oxygen atoms in total. The number of hydrogen-bond donors (Lipinski definition) is 1. The van der Waals surface area contributed by atoms with Gasteiger partial charge in [-0.25, -0.2) is 0 Å². The molecule has 3 heterocycles. The van der Waals surface area contributed by atoms with Gasteiger partial charge in [0, 0.05) is 49.7 Å². The Labute approximate surface area is 175 Å². The maximum atomic E-state index is 11.7. The average Bonchev–Trinajstić information content (AvgIpc) is 3.30. The summed E-state index contributed by atoms with van der Waals surface area (Å²) in [5.41, 5.74) is 4.04. The van der Waals surface area contributed by atoms with Gasteiger partial charge in [-0.1, -0.05) is 48.5 Å². The van der Waals surface area contributed by atoms with E-state index in [0.717, 1.165) is 47.6 Å². The molecule has 1 N–H and O–H groups in total. The van der Waals surface area contributed by atoms with Gasteiger partial charge in [0.25, 0.3) is 0 Å². The van der Waals surface area contributed by atoms with Crippen LogP contribution in [-0.4, -0.2) is 40.2 Å². The number of furan rings is 1. The smallest absolute Gasteiger partial charge is 0.221 e. The Bertz CT molecular complexity index is 1130. The van der Waals surface area contributed by atoms with E-state index in [2.05, 4.69) is 40.7 Å². The predicted molar refractivity (Wildman–Crippen MR) is 116 cm³/mol. The normalized spacial score (nSPS) is 15.3. The van der Waals surface area contributed by atoms with E-state index in [1.165, 1.54) is 5.56 Å². The highest BCUT2D eigenvalue weighted by atomic mass is 16.3. The van der Waals surface area contributed by atoms with Crippen molar-refractivity contribution in [2.75, 3.05) is 19.6 Å². The number of nitrogens with one attached hydrogen (secondary N) is 1. The van der Waals surface area contributed by atoms with Crippen LogP contribution in [-0.2, 0) is 17.9 Å². The van der Waals surface area contributed by atoms with Crippen molar-refractivity contribution in [2.24, 2.45) is 0 Å². The minimum atomic E-state index is 0.120. The highest BCUT2D eigenvalue weighted by Crippen LogP contribution is 2.30. The van der Waals surface area contributed by atoms with Gasteiger partial charge in [0.05, 0.1) is 6.54 Å². The summed E-state index contributed by atoms with van der Waals surface area (Å²) < 4.78 is 8.11. The molecule has 0 radical (unpaired) electrons. The Kier molecular flexibility index (Phi) is 5.07. The first-order valence-electron chi connectivity index (χ1n) is 10.3. The number of rotatable bonds is 5. The van der Waals surface area contributed by atoms with Crippen molar-refractivity contribution in [2.45, 2.75) is 19.5 Å². The van der Waals surface area contributed by atoms with Crippen molar-refractivity contribution >= 4 is 16.9 Å². The summed E-state index contributed by atoms with van der Waals surface area (Å²) in [5.74, 6) is 0.900. The minimum absolute atomic E-state index is 0.120. The van der Waals surface area contributed by atoms with Gasteiger partial charge in [-0.05, 0) is 17.7 Å². The molecule has 0 atom stereocenters. The molecule has 0 unspecified atom stereocenters. The molecule has 1 amide bonds. The summed E-state index contributed by atoms with van der Waals surface area (Å²) in [6, 6.07) is 20.4. The molecule has 4 aromatic rings. The lowest BCUT2D eigenvalue weighted by Crippen LogP contribution is -2.28. The Hall–Kier alpha value is -3.38. The molecule has 1 aliphatic rings. The lowest BCUT2D eigenvalue weighted by Gasteiger charge is -2.18. The van der Waals surface area contributed by atoms with E-state index in [1.807, 2.05) is 41.1 Å². The SMILES string of the molecule is O=C1CCN(Cc2cn(Cc3ccccc3)nc2-c2cc3ccccc3o2)CCN1. The van der Waals surface area contributed by atoms with Gasteiger partial charge < -0.3 is 9.73 Å². The second-order valence-electron chi connectivity index (χ2n) is 7.71. The van der Waals surface area contributed by atoms with E-state index >= 15 is 0 Å². The van der Waals surface area contributed by atoms with Crippen LogP contribution in [0.15, 0.2) is 71.3 Å². The van der Waals surface area contributed by atoms with Crippen molar-refractivity contribution in [3.63, 3.8) is 0 Å². The molecule has 5 rings (SSSR count). The molecule has 0 spiro atoms. The Morgan fingerprint density at radius 1 is 1.00 bits per heavy atom. The van der Waals surface area contributed by atoms with Crippen LogP contribution in [0.25, 0.3) is 22.4 Å². The fraction of sp³-hybridized carbons (Fsp3) is 0.250. The summed E-state index contributed by atoms with van der Waals surface area (Å²) in [6.07, 6.45) is 2.63. The highest BCUT2D eigenvalue weighted by Gasteiger charge is 2.20. The third-order valence-corrected chi connectivity index (χ3v) is 5.48. The van der Waals surface area contributed by atoms with Crippen molar-refractivity contribution in [1.29, 1.82) is 0 Å². The van der Waals surface area contributed by atoms with E-state index < -0.39 is 0 Å². The van der Waals surface area contributed by atoms with Crippen LogP contribution >= 0.6 is 0 Å². The van der Waals surface area contributed by atoms with Gasteiger partial charge in [-0.15, -0.1) is 0 Å². The van der Waals surface area contributed by atoms with E-state index in [0.29, 0.717) is 19.5 Å². The van der Waals surface area contributed by atoms with Gasteiger partial charge in [-0.2, -0.15) is 5.10 Å². The minimum Gasteiger partial charge on any atom is -0.454 e. The first-order valence-corrected chi connectivity index (χ1v) is 10.3. The predicted octanol–water partition coefficient (Wildman–Crippen LogP) is 3.67. The number of para-hydroxylation sites is 1. The van der Waals surface area contributed by atoms with Crippen molar-refractivity contribution < 1.29 is 9.21 Å². The fourth-order valence-corrected chi connectivity index (χ4v) is 3.95. The molecular formula is C24H24N4O2. The second-order valence-corrected chi connectivity index (χ2v) is 7.71. The van der Waals surface area contributed by atoms with Gasteiger partial charge in [-0.3, -0.25) is 14.4 Å². The number of hydrogen-bond acceptors (Lipinski definition) is 4. The van der Waals surface area contributed by atoms with Crippen LogP contribution in [0, 0.1) is 0 Å². The largest absolute Gasteiger partial charge is 0.454 e. The van der Waals surface area contributed by atoms with Gasteiger partial charge in [0.1, 0.15) is 11.3 Å². The molecule has 2 aromatic heterocycles. The standard InChI is InChI=1S/C24H24N4O2/c29-23-10-12-27(13-11-25-23)16-20-17-28(15-18-6-2-1-3-7-18)26-24(20)22-14-19-8-4-5-9-21(19)30-22/h1-9,14,17H,10-13,15-16H2,(H,25,29). The number of aromatic nitrogens is 2. The van der Waals surface area contributed by atoms with E-state index in [9.17, 15) is 4.79 Å². The van der Waals surface area contributed by atoms with Gasteiger partial charge in [0.15, 0.2) is 5.76 Å². The van der Waals surface area contributed by atoms with Crippen LogP contribution in [0.2, 0.25) is 0 Å². The Balaban J connectivity index is 1.49. The number of nitrogens with zero attached hydrogens (tertiary/aromatic N) is 3. The van der Waals surface area contributed by atoms with Crippen molar-refractivity contribution in [3.8, 4) is 11.5 Å². The van der Waals surface area contributed by atoms with Crippen molar-refractivity contribution in [1.82, 2.24) is 20.0 Å². The molecule has 1 fully saturated rings. The summed E-state index contributed by atoms with van der Waals surface area (Å²) in [4.78, 5) is 14.0. The van der Waals surface area contributed by atoms with Crippen LogP contribution in [0.1, 0.15) is 17.5 Å². The topological polar surface area (TPSA) is 63.3 Å². The monoisotopic (exact) mass is 400 g/mol. The number of fused-ring (bicyclic) bond motifs is 1. The highest BCUT2D eigenvalue weighted by molar-refractivity contribution is 5.82. The van der Waals surface area contributed by atoms with Crippen LogP contribution < -0.4 is 5.32 Å². The lowest BCUT2D eigenvalue weighted by molar-refractivity contribution is -0.120. The Morgan fingerprint density at radius 3 is 2.70 bits per heavy atom. The maximum absolute atomic E-state index is 11.7. The van der Waals surface area contributed by atoms with Crippen molar-refractivity contribution in [3.05, 3.63) is 78.0 Å². The number of benzene rings is 2. The Morgan fingerprint density at radius 2 is 1.83 bits per heavy atom. The summed E-state index contributed by atoms with van der Waals surface area (Å²) in [7, 11) is 0. The van der Waals surface area contributed by atoms with E-state index in [4.69, 9.17) is 9.52 Å². The maximum Gasteiger partial charge on any atom is 0.221 e. The molecule has 152 valence electrons. The number of amides is 1. The molecule has 1 saturated heterocycles. The zero-order chi connectivity index (χ0) is 20.3.